The highest BCUT2D eigenvalue weighted by Gasteiger charge is 2.33. The van der Waals surface area contributed by atoms with Crippen LogP contribution in [0.4, 0.5) is 18.9 Å². The van der Waals surface area contributed by atoms with Crippen LogP contribution < -0.4 is 4.90 Å². The zero-order valence-corrected chi connectivity index (χ0v) is 15.3. The smallest absolute Gasteiger partial charge is 0.369 e. The molecule has 0 saturated heterocycles. The Hall–Kier alpha value is -2.11. The number of nitrogens with one attached hydrogen (secondary N) is 1. The van der Waals surface area contributed by atoms with Crippen molar-refractivity contribution < 1.29 is 13.2 Å². The minimum atomic E-state index is -4.48. The molecule has 0 unspecified atom stereocenters. The summed E-state index contributed by atoms with van der Waals surface area (Å²) >= 11 is 11.6. The van der Waals surface area contributed by atoms with Gasteiger partial charge in [-0.15, -0.1) is 0 Å². The predicted octanol–water partition coefficient (Wildman–Crippen LogP) is 6.64. The standard InChI is InChI=1S/C19H15Cl2F3N2/c1-26(11-12-2-7-17(21)16(8-12)19(22,23)24)18-10-25-9-15(18)13-3-5-14(20)6-4-13/h2-10,25H,11H2,1H3. The van der Waals surface area contributed by atoms with Crippen LogP contribution in [0.15, 0.2) is 54.9 Å². The third kappa shape index (κ3) is 4.00. The van der Waals surface area contributed by atoms with E-state index in [0.717, 1.165) is 22.9 Å². The van der Waals surface area contributed by atoms with E-state index in [1.165, 1.54) is 6.07 Å². The fourth-order valence-electron chi connectivity index (χ4n) is 2.78. The van der Waals surface area contributed by atoms with Crippen LogP contribution in [0.25, 0.3) is 11.1 Å². The van der Waals surface area contributed by atoms with Crippen LogP contribution in [-0.2, 0) is 12.7 Å². The van der Waals surface area contributed by atoms with Crippen LogP contribution in [-0.4, -0.2) is 12.0 Å². The summed E-state index contributed by atoms with van der Waals surface area (Å²) < 4.78 is 39.1. The van der Waals surface area contributed by atoms with Gasteiger partial charge in [-0.05, 0) is 35.4 Å². The average molecular weight is 399 g/mol. The number of halogens is 5. The van der Waals surface area contributed by atoms with Gasteiger partial charge in [0.25, 0.3) is 0 Å². The molecule has 0 atom stereocenters. The molecule has 0 aliphatic heterocycles. The van der Waals surface area contributed by atoms with Crippen LogP contribution >= 0.6 is 23.2 Å². The lowest BCUT2D eigenvalue weighted by atomic mass is 10.1. The van der Waals surface area contributed by atoms with Crippen molar-refractivity contribution in [1.82, 2.24) is 4.98 Å². The molecule has 26 heavy (non-hydrogen) atoms. The van der Waals surface area contributed by atoms with Gasteiger partial charge in [0.2, 0.25) is 0 Å². The van der Waals surface area contributed by atoms with Crippen molar-refractivity contribution in [1.29, 1.82) is 0 Å². The molecule has 0 saturated carbocycles. The van der Waals surface area contributed by atoms with E-state index >= 15 is 0 Å². The molecule has 1 aromatic heterocycles. The van der Waals surface area contributed by atoms with Gasteiger partial charge in [-0.1, -0.05) is 41.4 Å². The van der Waals surface area contributed by atoms with Gasteiger partial charge in [0.15, 0.2) is 0 Å². The van der Waals surface area contributed by atoms with Gasteiger partial charge in [-0.25, -0.2) is 0 Å². The lowest BCUT2D eigenvalue weighted by molar-refractivity contribution is -0.137. The van der Waals surface area contributed by atoms with Gasteiger partial charge in [-0.2, -0.15) is 13.2 Å². The van der Waals surface area contributed by atoms with Crippen molar-refractivity contribution in [2.24, 2.45) is 0 Å². The average Bonchev–Trinajstić information content (AvgIpc) is 3.06. The number of benzene rings is 2. The van der Waals surface area contributed by atoms with Crippen LogP contribution in [0.5, 0.6) is 0 Å². The Morgan fingerprint density at radius 2 is 1.69 bits per heavy atom. The second-order valence-electron chi connectivity index (χ2n) is 5.93. The van der Waals surface area contributed by atoms with Crippen molar-refractivity contribution in [3.63, 3.8) is 0 Å². The number of hydrogen-bond acceptors (Lipinski definition) is 1. The third-order valence-electron chi connectivity index (χ3n) is 4.05. The Labute approximate surface area is 159 Å². The summed E-state index contributed by atoms with van der Waals surface area (Å²) in [6.07, 6.45) is -0.823. The second-order valence-corrected chi connectivity index (χ2v) is 6.77. The van der Waals surface area contributed by atoms with E-state index in [-0.39, 0.29) is 5.02 Å². The number of nitrogens with zero attached hydrogens (tertiary/aromatic N) is 1. The van der Waals surface area contributed by atoms with Gasteiger partial charge in [0.1, 0.15) is 0 Å². The first kappa shape index (κ1) is 18.7. The SMILES string of the molecule is CN(Cc1ccc(Cl)c(C(F)(F)F)c1)c1c[nH]cc1-c1ccc(Cl)cc1. The normalized spacial score (nSPS) is 11.6. The van der Waals surface area contributed by atoms with E-state index in [1.807, 2.05) is 36.5 Å². The molecular weight excluding hydrogens is 384 g/mol. The Morgan fingerprint density at radius 3 is 2.35 bits per heavy atom. The van der Waals surface area contributed by atoms with Crippen molar-refractivity contribution >= 4 is 28.9 Å². The summed E-state index contributed by atoms with van der Waals surface area (Å²) in [6.45, 7) is 0.304. The van der Waals surface area contributed by atoms with E-state index in [9.17, 15) is 13.2 Å². The fraction of sp³-hybridized carbons (Fsp3) is 0.158. The molecule has 0 radical (unpaired) electrons. The quantitative estimate of drug-likeness (QED) is 0.521. The molecule has 3 rings (SSSR count). The first-order valence-corrected chi connectivity index (χ1v) is 8.51. The van der Waals surface area contributed by atoms with Gasteiger partial charge < -0.3 is 9.88 Å². The van der Waals surface area contributed by atoms with E-state index in [4.69, 9.17) is 23.2 Å². The predicted molar refractivity (Wildman–Crippen MR) is 99.8 cm³/mol. The van der Waals surface area contributed by atoms with Crippen LogP contribution in [0.3, 0.4) is 0 Å². The molecule has 0 fully saturated rings. The zero-order valence-electron chi connectivity index (χ0n) is 13.7. The molecule has 136 valence electrons. The molecule has 3 aromatic rings. The number of anilines is 1. The minimum Gasteiger partial charge on any atom is -0.369 e. The molecule has 1 heterocycles. The Balaban J connectivity index is 1.87. The largest absolute Gasteiger partial charge is 0.417 e. The van der Waals surface area contributed by atoms with Crippen molar-refractivity contribution in [2.45, 2.75) is 12.7 Å². The molecule has 0 aliphatic rings. The topological polar surface area (TPSA) is 19.0 Å². The highest BCUT2D eigenvalue weighted by atomic mass is 35.5. The minimum absolute atomic E-state index is 0.299. The van der Waals surface area contributed by atoms with E-state index in [1.54, 1.807) is 18.2 Å². The molecule has 2 aromatic carbocycles. The summed E-state index contributed by atoms with van der Waals surface area (Å²) in [4.78, 5) is 4.93. The third-order valence-corrected chi connectivity index (χ3v) is 4.63. The highest BCUT2D eigenvalue weighted by molar-refractivity contribution is 6.31. The summed E-state index contributed by atoms with van der Waals surface area (Å²) in [5, 5.41) is 0.340. The van der Waals surface area contributed by atoms with E-state index < -0.39 is 11.7 Å². The Morgan fingerprint density at radius 1 is 1.00 bits per heavy atom. The molecule has 0 aliphatic carbocycles. The van der Waals surface area contributed by atoms with Gasteiger partial charge in [-0.3, -0.25) is 0 Å². The summed E-state index contributed by atoms with van der Waals surface area (Å²) in [5.41, 5.74) is 2.47. The number of aromatic nitrogens is 1. The molecule has 1 N–H and O–H groups in total. The maximum atomic E-state index is 13.0. The lowest BCUT2D eigenvalue weighted by Crippen LogP contribution is -2.17. The van der Waals surface area contributed by atoms with Crippen molar-refractivity contribution in [3.05, 3.63) is 76.0 Å². The van der Waals surface area contributed by atoms with Gasteiger partial charge in [0, 0.05) is 36.6 Å². The fourth-order valence-corrected chi connectivity index (χ4v) is 3.13. The number of hydrogen-bond donors (Lipinski definition) is 1. The number of H-pyrrole nitrogens is 1. The first-order chi connectivity index (χ1) is 12.3. The number of rotatable bonds is 4. The number of alkyl halides is 3. The van der Waals surface area contributed by atoms with Gasteiger partial charge >= 0.3 is 6.18 Å². The highest BCUT2D eigenvalue weighted by Crippen LogP contribution is 2.36. The van der Waals surface area contributed by atoms with Gasteiger partial charge in [0.05, 0.1) is 16.3 Å². The molecule has 2 nitrogen and oxygen atoms in total. The molecule has 0 bridgehead atoms. The maximum Gasteiger partial charge on any atom is 0.417 e. The summed E-state index contributed by atoms with van der Waals surface area (Å²) in [5.74, 6) is 0. The van der Waals surface area contributed by atoms with Crippen LogP contribution in [0.1, 0.15) is 11.1 Å². The molecule has 0 spiro atoms. The molecule has 0 amide bonds. The summed E-state index contributed by atoms with van der Waals surface area (Å²) in [7, 11) is 1.82. The molecule has 7 heteroatoms. The zero-order chi connectivity index (χ0) is 18.9. The first-order valence-electron chi connectivity index (χ1n) is 7.75. The second kappa shape index (κ2) is 7.25. The monoisotopic (exact) mass is 398 g/mol. The van der Waals surface area contributed by atoms with Crippen molar-refractivity contribution in [2.75, 3.05) is 11.9 Å². The van der Waals surface area contributed by atoms with Crippen molar-refractivity contribution in [3.8, 4) is 11.1 Å². The molecular formula is C19H15Cl2F3N2. The summed E-state index contributed by atoms with van der Waals surface area (Å²) in [6, 6.07) is 11.4. The van der Waals surface area contributed by atoms with Crippen LogP contribution in [0.2, 0.25) is 10.0 Å². The van der Waals surface area contributed by atoms with Crippen LogP contribution in [0, 0.1) is 0 Å². The lowest BCUT2D eigenvalue weighted by Gasteiger charge is -2.21. The Bertz CT molecular complexity index is 902. The van der Waals surface area contributed by atoms with E-state index in [0.29, 0.717) is 17.1 Å². The number of aromatic amines is 1. The maximum absolute atomic E-state index is 13.0. The van der Waals surface area contributed by atoms with E-state index in [2.05, 4.69) is 4.98 Å². The Kier molecular flexibility index (Phi) is 5.21.